The van der Waals surface area contributed by atoms with Crippen LogP contribution in [-0.4, -0.2) is 51.5 Å². The highest BCUT2D eigenvalue weighted by atomic mass is 35.5. The fourth-order valence-electron chi connectivity index (χ4n) is 4.24. The Kier molecular flexibility index (Phi) is 7.91. The molecule has 0 spiro atoms. The molecule has 176 valence electrons. The van der Waals surface area contributed by atoms with Gasteiger partial charge in [-0.15, -0.1) is 0 Å². The molecule has 1 fully saturated rings. The average molecular weight is 470 g/mol. The first-order chi connectivity index (χ1) is 16.0. The van der Waals surface area contributed by atoms with Crippen molar-refractivity contribution in [3.63, 3.8) is 0 Å². The van der Waals surface area contributed by atoms with Crippen molar-refractivity contribution < 1.29 is 14.6 Å². The zero-order valence-corrected chi connectivity index (χ0v) is 19.9. The lowest BCUT2D eigenvalue weighted by molar-refractivity contribution is -0.0621. The summed E-state index contributed by atoms with van der Waals surface area (Å²) in [5.41, 5.74) is 1.36. The molecule has 0 unspecified atom stereocenters. The minimum atomic E-state index is -0.896. The smallest absolute Gasteiger partial charge is 0.138 e. The number of benzene rings is 2. The van der Waals surface area contributed by atoms with E-state index in [2.05, 4.69) is 22.0 Å². The van der Waals surface area contributed by atoms with Gasteiger partial charge in [-0.25, -0.2) is 4.98 Å². The first-order valence-electron chi connectivity index (χ1n) is 11.5. The second kappa shape index (κ2) is 11.1. The maximum atomic E-state index is 11.2. The van der Waals surface area contributed by atoms with Crippen LogP contribution in [0.2, 0.25) is 5.02 Å². The third-order valence-corrected chi connectivity index (χ3v) is 6.22. The number of halogens is 1. The largest absolute Gasteiger partial charge is 0.494 e. The Balaban J connectivity index is 1.27. The SMILES string of the molecule is Cc1ccc(Cl)c(OC[C@@]2(O)CCCN(Cc3cccc(OCCCn4ccnc4)c3)C2)c1. The van der Waals surface area contributed by atoms with E-state index in [0.717, 1.165) is 43.8 Å². The predicted octanol–water partition coefficient (Wildman–Crippen LogP) is 4.72. The maximum absolute atomic E-state index is 11.2. The molecule has 0 bridgehead atoms. The standard InChI is InChI=1S/C26H32ClN3O3/c1-21-7-8-24(27)25(15-21)33-19-26(31)9-3-11-30(18-26)17-22-5-2-6-23(16-22)32-14-4-12-29-13-10-28-20-29/h2,5-8,10,13,15-16,20,31H,3-4,9,11-12,14,17-19H2,1H3/t26-/m1/s1. The van der Waals surface area contributed by atoms with E-state index in [1.807, 2.05) is 54.3 Å². The van der Waals surface area contributed by atoms with Gasteiger partial charge in [0.15, 0.2) is 0 Å². The van der Waals surface area contributed by atoms with Crippen LogP contribution in [0.5, 0.6) is 11.5 Å². The van der Waals surface area contributed by atoms with Gasteiger partial charge in [0.05, 0.1) is 18.0 Å². The molecule has 1 N–H and O–H groups in total. The molecule has 0 saturated carbocycles. The Hall–Kier alpha value is -2.54. The molecule has 1 saturated heterocycles. The molecule has 1 aromatic heterocycles. The molecular formula is C26H32ClN3O3. The Morgan fingerprint density at radius 3 is 2.94 bits per heavy atom. The number of aryl methyl sites for hydroxylation is 2. The van der Waals surface area contributed by atoms with Crippen LogP contribution in [0.4, 0.5) is 0 Å². The van der Waals surface area contributed by atoms with Gasteiger partial charge < -0.3 is 19.1 Å². The third-order valence-electron chi connectivity index (χ3n) is 5.91. The van der Waals surface area contributed by atoms with Crippen molar-refractivity contribution in [2.24, 2.45) is 0 Å². The summed E-state index contributed by atoms with van der Waals surface area (Å²) in [6.45, 7) is 6.05. The number of β-amino-alcohol motifs (C(OH)–C–C–N with tert-alkyl or cyclic N) is 1. The lowest BCUT2D eigenvalue weighted by Gasteiger charge is -2.39. The fraction of sp³-hybridized carbons (Fsp3) is 0.423. The molecule has 1 atom stereocenters. The molecule has 6 nitrogen and oxygen atoms in total. The van der Waals surface area contributed by atoms with Gasteiger partial charge >= 0.3 is 0 Å². The number of ether oxygens (including phenoxy) is 2. The monoisotopic (exact) mass is 469 g/mol. The van der Waals surface area contributed by atoms with Crippen molar-refractivity contribution >= 4 is 11.6 Å². The summed E-state index contributed by atoms with van der Waals surface area (Å²) in [6.07, 6.45) is 8.13. The van der Waals surface area contributed by atoms with Gasteiger partial charge in [0, 0.05) is 32.0 Å². The highest BCUT2D eigenvalue weighted by Gasteiger charge is 2.34. The van der Waals surface area contributed by atoms with Gasteiger partial charge in [0.25, 0.3) is 0 Å². The Morgan fingerprint density at radius 2 is 2.09 bits per heavy atom. The summed E-state index contributed by atoms with van der Waals surface area (Å²) in [7, 11) is 0. The van der Waals surface area contributed by atoms with E-state index in [0.29, 0.717) is 30.3 Å². The normalized spacial score (nSPS) is 18.9. The van der Waals surface area contributed by atoms with Crippen LogP contribution >= 0.6 is 11.6 Å². The highest BCUT2D eigenvalue weighted by Crippen LogP contribution is 2.29. The van der Waals surface area contributed by atoms with Crippen LogP contribution in [0.3, 0.4) is 0 Å². The maximum Gasteiger partial charge on any atom is 0.138 e. The van der Waals surface area contributed by atoms with E-state index in [1.54, 1.807) is 6.20 Å². The third kappa shape index (κ3) is 6.97. The molecule has 4 rings (SSSR count). The Morgan fingerprint density at radius 1 is 1.18 bits per heavy atom. The zero-order chi connectivity index (χ0) is 23.1. The lowest BCUT2D eigenvalue weighted by atomic mass is 9.93. The topological polar surface area (TPSA) is 59.8 Å². The molecule has 0 radical (unpaired) electrons. The van der Waals surface area contributed by atoms with E-state index in [1.165, 1.54) is 5.56 Å². The Bertz CT molecular complexity index is 1030. The molecule has 7 heteroatoms. The van der Waals surface area contributed by atoms with E-state index < -0.39 is 5.60 Å². The second-order valence-corrected chi connectivity index (χ2v) is 9.32. The summed E-state index contributed by atoms with van der Waals surface area (Å²) >= 11 is 6.25. The molecule has 33 heavy (non-hydrogen) atoms. The summed E-state index contributed by atoms with van der Waals surface area (Å²) in [5.74, 6) is 1.50. The van der Waals surface area contributed by atoms with Crippen LogP contribution in [-0.2, 0) is 13.1 Å². The van der Waals surface area contributed by atoms with E-state index in [-0.39, 0.29) is 6.61 Å². The first-order valence-corrected chi connectivity index (χ1v) is 11.9. The average Bonchev–Trinajstić information content (AvgIpc) is 3.31. The second-order valence-electron chi connectivity index (χ2n) is 8.91. The first kappa shape index (κ1) is 23.6. The van der Waals surface area contributed by atoms with Gasteiger partial charge in [-0.3, -0.25) is 4.90 Å². The summed E-state index contributed by atoms with van der Waals surface area (Å²) in [5, 5.41) is 11.7. The number of aliphatic hydroxyl groups is 1. The number of nitrogens with zero attached hydrogens (tertiary/aromatic N) is 3. The van der Waals surface area contributed by atoms with E-state index in [9.17, 15) is 5.11 Å². The number of imidazole rings is 1. The van der Waals surface area contributed by atoms with Crippen molar-refractivity contribution in [2.45, 2.75) is 44.9 Å². The lowest BCUT2D eigenvalue weighted by Crippen LogP contribution is -2.51. The van der Waals surface area contributed by atoms with Crippen molar-refractivity contribution in [1.82, 2.24) is 14.5 Å². The van der Waals surface area contributed by atoms with Gasteiger partial charge in [-0.1, -0.05) is 29.8 Å². The highest BCUT2D eigenvalue weighted by molar-refractivity contribution is 6.32. The molecule has 3 aromatic rings. The number of hydrogen-bond acceptors (Lipinski definition) is 5. The van der Waals surface area contributed by atoms with Gasteiger partial charge in [-0.2, -0.15) is 0 Å². The van der Waals surface area contributed by atoms with E-state index >= 15 is 0 Å². The van der Waals surface area contributed by atoms with Crippen LogP contribution in [0, 0.1) is 6.92 Å². The molecule has 1 aliphatic heterocycles. The van der Waals surface area contributed by atoms with Gasteiger partial charge in [0.2, 0.25) is 0 Å². The van der Waals surface area contributed by atoms with Crippen LogP contribution < -0.4 is 9.47 Å². The summed E-state index contributed by atoms with van der Waals surface area (Å²) in [6, 6.07) is 13.9. The number of piperidine rings is 1. The summed E-state index contributed by atoms with van der Waals surface area (Å²) < 4.78 is 13.9. The van der Waals surface area contributed by atoms with Crippen molar-refractivity contribution in [1.29, 1.82) is 0 Å². The van der Waals surface area contributed by atoms with Crippen LogP contribution in [0.1, 0.15) is 30.4 Å². The van der Waals surface area contributed by atoms with Crippen molar-refractivity contribution in [3.8, 4) is 11.5 Å². The molecule has 1 aliphatic rings. The number of aromatic nitrogens is 2. The molecular weight excluding hydrogens is 438 g/mol. The molecule has 0 aliphatic carbocycles. The van der Waals surface area contributed by atoms with E-state index in [4.69, 9.17) is 21.1 Å². The number of likely N-dealkylation sites (tertiary alicyclic amines) is 1. The summed E-state index contributed by atoms with van der Waals surface area (Å²) in [4.78, 5) is 6.34. The predicted molar refractivity (Wildman–Crippen MR) is 130 cm³/mol. The fourth-order valence-corrected chi connectivity index (χ4v) is 4.41. The van der Waals surface area contributed by atoms with Crippen LogP contribution in [0.15, 0.2) is 61.2 Å². The van der Waals surface area contributed by atoms with Crippen molar-refractivity contribution in [3.05, 3.63) is 77.3 Å². The van der Waals surface area contributed by atoms with Crippen LogP contribution in [0.25, 0.3) is 0 Å². The molecule has 2 aromatic carbocycles. The number of rotatable bonds is 10. The quantitative estimate of drug-likeness (QED) is 0.435. The minimum Gasteiger partial charge on any atom is -0.494 e. The Labute approximate surface area is 200 Å². The van der Waals surface area contributed by atoms with Gasteiger partial charge in [0.1, 0.15) is 23.7 Å². The van der Waals surface area contributed by atoms with Gasteiger partial charge in [-0.05, 0) is 68.1 Å². The minimum absolute atomic E-state index is 0.229. The zero-order valence-electron chi connectivity index (χ0n) is 19.1. The molecule has 0 amide bonds. The van der Waals surface area contributed by atoms with Crippen molar-refractivity contribution in [2.75, 3.05) is 26.3 Å². The number of hydrogen-bond donors (Lipinski definition) is 1. The molecule has 2 heterocycles.